The number of urea groups is 1. The molecule has 0 unspecified atom stereocenters. The molecule has 4 amide bonds. The Hall–Kier alpha value is -3.78. The molecule has 35 heavy (non-hydrogen) atoms. The largest absolute Gasteiger partial charge is 0.496 e. The molecular weight excluding hydrogens is 515 g/mol. The molecule has 1 fully saturated rings. The summed E-state index contributed by atoms with van der Waals surface area (Å²) in [5.41, 5.74) is 4.18. The van der Waals surface area contributed by atoms with E-state index in [2.05, 4.69) is 21.2 Å². The third kappa shape index (κ3) is 5.02. The lowest BCUT2D eigenvalue weighted by atomic mass is 10.00. The molecule has 0 radical (unpaired) electrons. The van der Waals surface area contributed by atoms with E-state index < -0.39 is 17.8 Å². The van der Waals surface area contributed by atoms with Crippen LogP contribution < -0.4 is 15.0 Å². The predicted octanol–water partition coefficient (Wildman–Crippen LogP) is 5.47. The van der Waals surface area contributed by atoms with Gasteiger partial charge >= 0.3 is 6.03 Å². The SMILES string of the molecule is COc1cc(/C=C2\C(=O)NC(=O)N(c3ccc(C)c(C)c3)C2=O)cc(Br)c1Cc1cccc(F)c1. The van der Waals surface area contributed by atoms with E-state index in [1.807, 2.05) is 26.0 Å². The van der Waals surface area contributed by atoms with Crippen LogP contribution >= 0.6 is 15.9 Å². The summed E-state index contributed by atoms with van der Waals surface area (Å²) in [4.78, 5) is 39.2. The van der Waals surface area contributed by atoms with Gasteiger partial charge in [-0.3, -0.25) is 14.9 Å². The van der Waals surface area contributed by atoms with Crippen molar-refractivity contribution in [3.63, 3.8) is 0 Å². The molecule has 1 heterocycles. The maximum Gasteiger partial charge on any atom is 0.335 e. The summed E-state index contributed by atoms with van der Waals surface area (Å²) in [5, 5.41) is 2.24. The van der Waals surface area contributed by atoms with Crippen LogP contribution in [0.25, 0.3) is 6.08 Å². The van der Waals surface area contributed by atoms with Gasteiger partial charge in [-0.25, -0.2) is 14.1 Å². The van der Waals surface area contributed by atoms with Gasteiger partial charge in [-0.05, 0) is 78.6 Å². The molecule has 0 atom stereocenters. The summed E-state index contributed by atoms with van der Waals surface area (Å²) in [5.74, 6) is -1.33. The van der Waals surface area contributed by atoms with Gasteiger partial charge in [0.2, 0.25) is 0 Å². The average molecular weight is 537 g/mol. The molecule has 6 nitrogen and oxygen atoms in total. The summed E-state index contributed by atoms with van der Waals surface area (Å²) in [6, 6.07) is 14.1. The molecule has 8 heteroatoms. The van der Waals surface area contributed by atoms with Crippen molar-refractivity contribution in [2.75, 3.05) is 12.0 Å². The second-order valence-electron chi connectivity index (χ2n) is 8.22. The molecule has 0 aromatic heterocycles. The monoisotopic (exact) mass is 536 g/mol. The van der Waals surface area contributed by atoms with E-state index in [0.29, 0.717) is 27.9 Å². The van der Waals surface area contributed by atoms with E-state index in [-0.39, 0.29) is 11.4 Å². The van der Waals surface area contributed by atoms with E-state index in [1.54, 1.807) is 30.3 Å². The first-order chi connectivity index (χ1) is 16.7. The topological polar surface area (TPSA) is 75.7 Å². The van der Waals surface area contributed by atoms with Gasteiger partial charge in [0.1, 0.15) is 17.1 Å². The first kappa shape index (κ1) is 24.3. The third-order valence-corrected chi connectivity index (χ3v) is 6.54. The number of halogens is 2. The van der Waals surface area contributed by atoms with Gasteiger partial charge in [-0.2, -0.15) is 0 Å². The molecule has 0 spiro atoms. The zero-order chi connectivity index (χ0) is 25.3. The van der Waals surface area contributed by atoms with Crippen LogP contribution in [0.4, 0.5) is 14.9 Å². The molecule has 0 bridgehead atoms. The highest BCUT2D eigenvalue weighted by Gasteiger charge is 2.37. The highest BCUT2D eigenvalue weighted by molar-refractivity contribution is 9.10. The van der Waals surface area contributed by atoms with Gasteiger partial charge < -0.3 is 4.74 Å². The van der Waals surface area contributed by atoms with Crippen LogP contribution in [0.2, 0.25) is 0 Å². The van der Waals surface area contributed by atoms with E-state index in [1.165, 1.54) is 25.3 Å². The first-order valence-electron chi connectivity index (χ1n) is 10.8. The second-order valence-corrected chi connectivity index (χ2v) is 9.07. The summed E-state index contributed by atoms with van der Waals surface area (Å²) in [6.45, 7) is 3.80. The molecule has 1 saturated heterocycles. The number of hydrogen-bond donors (Lipinski definition) is 1. The number of carbonyl (C=O) groups excluding carboxylic acids is 3. The Morgan fingerprint density at radius 3 is 2.49 bits per heavy atom. The minimum absolute atomic E-state index is 0.185. The third-order valence-electron chi connectivity index (χ3n) is 5.83. The highest BCUT2D eigenvalue weighted by atomic mass is 79.9. The van der Waals surface area contributed by atoms with Crippen molar-refractivity contribution in [1.82, 2.24) is 5.32 Å². The van der Waals surface area contributed by atoms with Gasteiger partial charge in [0.25, 0.3) is 11.8 Å². The lowest BCUT2D eigenvalue weighted by Crippen LogP contribution is -2.54. The number of amides is 4. The smallest absolute Gasteiger partial charge is 0.335 e. The van der Waals surface area contributed by atoms with E-state index >= 15 is 0 Å². The summed E-state index contributed by atoms with van der Waals surface area (Å²) in [6.07, 6.45) is 1.82. The Morgan fingerprint density at radius 1 is 1.03 bits per heavy atom. The van der Waals surface area contributed by atoms with Crippen LogP contribution in [0.15, 0.2) is 64.6 Å². The Kier molecular flexibility index (Phi) is 6.84. The van der Waals surface area contributed by atoms with Crippen LogP contribution in [-0.2, 0) is 16.0 Å². The normalized spacial score (nSPS) is 14.9. The van der Waals surface area contributed by atoms with Crippen LogP contribution in [-0.4, -0.2) is 25.0 Å². The Labute approximate surface area is 210 Å². The summed E-state index contributed by atoms with van der Waals surface area (Å²) in [7, 11) is 1.51. The quantitative estimate of drug-likeness (QED) is 0.346. The Morgan fingerprint density at radius 2 is 1.80 bits per heavy atom. The molecule has 1 N–H and O–H groups in total. The van der Waals surface area contributed by atoms with Crippen molar-refractivity contribution in [3.8, 4) is 5.75 Å². The van der Waals surface area contributed by atoms with Crippen molar-refractivity contribution in [2.24, 2.45) is 0 Å². The Balaban J connectivity index is 1.71. The number of hydrogen-bond acceptors (Lipinski definition) is 4. The Bertz CT molecular complexity index is 1400. The second kappa shape index (κ2) is 9.84. The van der Waals surface area contributed by atoms with Crippen LogP contribution in [0.1, 0.15) is 27.8 Å². The molecular formula is C27H22BrFN2O4. The number of benzene rings is 3. The fourth-order valence-electron chi connectivity index (χ4n) is 3.84. The van der Waals surface area contributed by atoms with Crippen molar-refractivity contribution in [1.29, 1.82) is 0 Å². The lowest BCUT2D eigenvalue weighted by molar-refractivity contribution is -0.122. The minimum atomic E-state index is -0.801. The van der Waals surface area contributed by atoms with Crippen LogP contribution in [0.5, 0.6) is 5.75 Å². The van der Waals surface area contributed by atoms with Crippen LogP contribution in [0, 0.1) is 19.7 Å². The van der Waals surface area contributed by atoms with E-state index in [4.69, 9.17) is 4.74 Å². The molecule has 178 valence electrons. The molecule has 0 saturated carbocycles. The van der Waals surface area contributed by atoms with Gasteiger partial charge in [-0.15, -0.1) is 0 Å². The number of ether oxygens (including phenoxy) is 1. The zero-order valence-electron chi connectivity index (χ0n) is 19.3. The van der Waals surface area contributed by atoms with Crippen molar-refractivity contribution >= 4 is 45.5 Å². The number of aryl methyl sites for hydroxylation is 2. The molecule has 1 aliphatic rings. The number of nitrogens with one attached hydrogen (secondary N) is 1. The van der Waals surface area contributed by atoms with Crippen LogP contribution in [0.3, 0.4) is 0 Å². The number of anilines is 1. The first-order valence-corrected chi connectivity index (χ1v) is 11.6. The maximum absolute atomic E-state index is 13.6. The molecule has 1 aliphatic heterocycles. The van der Waals surface area contributed by atoms with E-state index in [9.17, 15) is 18.8 Å². The minimum Gasteiger partial charge on any atom is -0.496 e. The average Bonchev–Trinajstić information content (AvgIpc) is 2.80. The number of methoxy groups -OCH3 is 1. The number of rotatable bonds is 5. The van der Waals surface area contributed by atoms with Crippen molar-refractivity contribution < 1.29 is 23.5 Å². The van der Waals surface area contributed by atoms with Crippen molar-refractivity contribution in [3.05, 3.63) is 98.3 Å². The summed E-state index contributed by atoms with van der Waals surface area (Å²) >= 11 is 3.53. The molecule has 3 aromatic rings. The van der Waals surface area contributed by atoms with Gasteiger partial charge in [-0.1, -0.05) is 34.1 Å². The number of carbonyl (C=O) groups is 3. The molecule has 3 aromatic carbocycles. The van der Waals surface area contributed by atoms with Gasteiger partial charge in [0.05, 0.1) is 12.8 Å². The standard InChI is InChI=1S/C27H22BrFN2O4/c1-15-7-8-20(9-16(15)2)31-26(33)22(25(32)30-27(31)34)12-18-13-23(28)21(24(14-18)35-3)11-17-5-4-6-19(29)10-17/h4-10,12-14H,11H2,1-3H3,(H,30,32,34)/b22-12+. The summed E-state index contributed by atoms with van der Waals surface area (Å²) < 4.78 is 19.8. The fourth-order valence-corrected chi connectivity index (χ4v) is 4.44. The molecule has 4 rings (SSSR count). The number of barbiturate groups is 1. The van der Waals surface area contributed by atoms with Gasteiger partial charge in [0, 0.05) is 16.5 Å². The van der Waals surface area contributed by atoms with Crippen molar-refractivity contribution in [2.45, 2.75) is 20.3 Å². The van der Waals surface area contributed by atoms with E-state index in [0.717, 1.165) is 27.2 Å². The highest BCUT2D eigenvalue weighted by Crippen LogP contribution is 2.33. The lowest BCUT2D eigenvalue weighted by Gasteiger charge is -2.27. The molecule has 0 aliphatic carbocycles. The zero-order valence-corrected chi connectivity index (χ0v) is 20.9. The predicted molar refractivity (Wildman–Crippen MR) is 135 cm³/mol. The fraction of sp³-hybridized carbons (Fsp3) is 0.148. The van der Waals surface area contributed by atoms with Gasteiger partial charge in [0.15, 0.2) is 0 Å². The maximum atomic E-state index is 13.6. The number of imide groups is 2. The number of nitrogens with zero attached hydrogens (tertiary/aromatic N) is 1.